The van der Waals surface area contributed by atoms with Gasteiger partial charge in [-0.05, 0) is 32.9 Å². The van der Waals surface area contributed by atoms with Gasteiger partial charge < -0.3 is 14.8 Å². The summed E-state index contributed by atoms with van der Waals surface area (Å²) in [4.78, 5) is 24.4. The number of nitrogens with one attached hydrogen (secondary N) is 1. The summed E-state index contributed by atoms with van der Waals surface area (Å²) in [6.07, 6.45) is -0.856. The van der Waals surface area contributed by atoms with Crippen LogP contribution in [0.25, 0.3) is 0 Å². The Balaban J connectivity index is 2.07. The number of amides is 1. The van der Waals surface area contributed by atoms with Gasteiger partial charge in [-0.25, -0.2) is 0 Å². The van der Waals surface area contributed by atoms with Crippen LogP contribution >= 0.6 is 0 Å². The Morgan fingerprint density at radius 1 is 0.960 bits per heavy atom. The van der Waals surface area contributed by atoms with Gasteiger partial charge in [-0.3, -0.25) is 9.59 Å². The molecule has 2 aromatic rings. The monoisotopic (exact) mass is 341 g/mol. The van der Waals surface area contributed by atoms with Crippen LogP contribution in [0.1, 0.15) is 32.4 Å². The first-order chi connectivity index (χ1) is 11.8. The Morgan fingerprint density at radius 3 is 2.08 bits per heavy atom. The van der Waals surface area contributed by atoms with Crippen LogP contribution in [0.3, 0.4) is 0 Å². The lowest BCUT2D eigenvalue weighted by Gasteiger charge is -2.21. The molecule has 0 aliphatic heterocycles. The summed E-state index contributed by atoms with van der Waals surface area (Å²) in [6, 6.07) is 18.2. The van der Waals surface area contributed by atoms with Crippen molar-refractivity contribution >= 4 is 11.9 Å². The van der Waals surface area contributed by atoms with E-state index in [1.807, 2.05) is 36.4 Å². The summed E-state index contributed by atoms with van der Waals surface area (Å²) in [7, 11) is 0. The number of carbonyl (C=O) groups is 2. The van der Waals surface area contributed by atoms with Crippen molar-refractivity contribution in [2.45, 2.75) is 32.5 Å². The van der Waals surface area contributed by atoms with E-state index in [9.17, 15) is 9.59 Å². The zero-order valence-corrected chi connectivity index (χ0v) is 14.7. The first kappa shape index (κ1) is 18.5. The maximum absolute atomic E-state index is 12.6. The fourth-order valence-electron chi connectivity index (χ4n) is 2.17. The van der Waals surface area contributed by atoms with Crippen LogP contribution in [0, 0.1) is 0 Å². The average molecular weight is 341 g/mol. The summed E-state index contributed by atoms with van der Waals surface area (Å²) < 4.78 is 11.0. The summed E-state index contributed by atoms with van der Waals surface area (Å²) in [5.41, 5.74) is 0.106. The molecule has 1 amide bonds. The highest BCUT2D eigenvalue weighted by Crippen LogP contribution is 2.22. The molecule has 0 heterocycles. The second kappa shape index (κ2) is 8.33. The minimum atomic E-state index is -0.856. The van der Waals surface area contributed by atoms with E-state index in [2.05, 4.69) is 5.32 Å². The number of rotatable bonds is 6. The van der Waals surface area contributed by atoms with Crippen molar-refractivity contribution in [2.24, 2.45) is 0 Å². The van der Waals surface area contributed by atoms with Crippen LogP contribution in [0.4, 0.5) is 0 Å². The Bertz CT molecular complexity index is 693. The van der Waals surface area contributed by atoms with Gasteiger partial charge in [0, 0.05) is 5.56 Å². The van der Waals surface area contributed by atoms with Crippen molar-refractivity contribution in [2.75, 3.05) is 6.54 Å². The third-order valence-electron chi connectivity index (χ3n) is 3.16. The molecule has 2 rings (SSSR count). The highest BCUT2D eigenvalue weighted by molar-refractivity contribution is 5.86. The molecule has 1 N–H and O–H groups in total. The van der Waals surface area contributed by atoms with Gasteiger partial charge in [-0.1, -0.05) is 48.5 Å². The van der Waals surface area contributed by atoms with E-state index in [-0.39, 0.29) is 6.54 Å². The van der Waals surface area contributed by atoms with Crippen molar-refractivity contribution in [3.8, 4) is 5.75 Å². The number of hydrogen-bond donors (Lipinski definition) is 1. The topological polar surface area (TPSA) is 64.6 Å². The fourth-order valence-corrected chi connectivity index (χ4v) is 2.17. The number of ether oxygens (including phenoxy) is 2. The van der Waals surface area contributed by atoms with E-state index in [1.54, 1.807) is 45.0 Å². The summed E-state index contributed by atoms with van der Waals surface area (Å²) in [5, 5.41) is 2.59. The summed E-state index contributed by atoms with van der Waals surface area (Å²) >= 11 is 0. The molecule has 0 fully saturated rings. The Morgan fingerprint density at radius 2 is 1.52 bits per heavy atom. The highest BCUT2D eigenvalue weighted by atomic mass is 16.6. The molecule has 5 nitrogen and oxygen atoms in total. The molecule has 0 aliphatic carbocycles. The van der Waals surface area contributed by atoms with Crippen LogP contribution in [0.5, 0.6) is 5.75 Å². The molecule has 1 atom stereocenters. The van der Waals surface area contributed by atoms with E-state index in [0.29, 0.717) is 11.3 Å². The highest BCUT2D eigenvalue weighted by Gasteiger charge is 2.24. The minimum Gasteiger partial charge on any atom is -0.476 e. The number of carbonyl (C=O) groups excluding carboxylic acids is 2. The van der Waals surface area contributed by atoms with Crippen molar-refractivity contribution in [1.82, 2.24) is 5.32 Å². The smallest absolute Gasteiger partial charge is 0.325 e. The van der Waals surface area contributed by atoms with Crippen LogP contribution in [0.15, 0.2) is 60.7 Å². The largest absolute Gasteiger partial charge is 0.476 e. The first-order valence-corrected chi connectivity index (χ1v) is 8.11. The van der Waals surface area contributed by atoms with Crippen molar-refractivity contribution in [3.05, 3.63) is 66.2 Å². The number of benzene rings is 2. The molecule has 0 radical (unpaired) electrons. The SMILES string of the molecule is CC(C)(C)OC(=O)CNC(=O)C(Oc1ccccc1)c1ccccc1. The zero-order chi connectivity index (χ0) is 18.3. The van der Waals surface area contributed by atoms with Gasteiger partial charge in [0.25, 0.3) is 5.91 Å². The lowest BCUT2D eigenvalue weighted by atomic mass is 10.1. The lowest BCUT2D eigenvalue weighted by Crippen LogP contribution is -2.38. The van der Waals surface area contributed by atoms with E-state index < -0.39 is 23.6 Å². The molecule has 5 heteroatoms. The van der Waals surface area contributed by atoms with Crippen molar-refractivity contribution < 1.29 is 19.1 Å². The van der Waals surface area contributed by atoms with Gasteiger partial charge in [0.2, 0.25) is 6.10 Å². The van der Waals surface area contributed by atoms with Crippen molar-refractivity contribution in [1.29, 1.82) is 0 Å². The molecule has 1 unspecified atom stereocenters. The summed E-state index contributed by atoms with van der Waals surface area (Å²) in [6.45, 7) is 5.12. The molecule has 25 heavy (non-hydrogen) atoms. The maximum Gasteiger partial charge on any atom is 0.325 e. The van der Waals surface area contributed by atoms with Crippen LogP contribution in [-0.2, 0) is 14.3 Å². The minimum absolute atomic E-state index is 0.211. The third kappa shape index (κ3) is 6.30. The number of esters is 1. The van der Waals surface area contributed by atoms with Gasteiger partial charge in [0.05, 0.1) is 0 Å². The molecule has 0 aromatic heterocycles. The predicted octanol–water partition coefficient (Wildman–Crippen LogP) is 3.26. The van der Waals surface area contributed by atoms with Crippen LogP contribution < -0.4 is 10.1 Å². The molecule has 2 aromatic carbocycles. The van der Waals surface area contributed by atoms with Crippen molar-refractivity contribution in [3.63, 3.8) is 0 Å². The van der Waals surface area contributed by atoms with E-state index in [4.69, 9.17) is 9.47 Å². The average Bonchev–Trinajstić information content (AvgIpc) is 2.58. The van der Waals surface area contributed by atoms with Gasteiger partial charge >= 0.3 is 5.97 Å². The Hall–Kier alpha value is -2.82. The molecule has 0 saturated carbocycles. The van der Waals surface area contributed by atoms with Gasteiger partial charge in [-0.2, -0.15) is 0 Å². The molecular formula is C20H23NO4. The van der Waals surface area contributed by atoms with E-state index in [1.165, 1.54) is 0 Å². The molecule has 0 aliphatic rings. The fraction of sp³-hybridized carbons (Fsp3) is 0.300. The Labute approximate surface area is 148 Å². The van der Waals surface area contributed by atoms with Crippen LogP contribution in [0.2, 0.25) is 0 Å². The normalized spacial score (nSPS) is 12.1. The third-order valence-corrected chi connectivity index (χ3v) is 3.16. The molecule has 132 valence electrons. The molecule has 0 spiro atoms. The molecule has 0 saturated heterocycles. The zero-order valence-electron chi connectivity index (χ0n) is 14.7. The van der Waals surface area contributed by atoms with Gasteiger partial charge in [0.15, 0.2) is 0 Å². The Kier molecular flexibility index (Phi) is 6.17. The summed E-state index contributed by atoms with van der Waals surface area (Å²) in [5.74, 6) is -0.322. The van der Waals surface area contributed by atoms with Gasteiger partial charge in [0.1, 0.15) is 17.9 Å². The predicted molar refractivity (Wildman–Crippen MR) is 95.1 cm³/mol. The van der Waals surface area contributed by atoms with E-state index in [0.717, 1.165) is 0 Å². The standard InChI is InChI=1S/C20H23NO4/c1-20(2,3)25-17(22)14-21-19(23)18(15-10-6-4-7-11-15)24-16-12-8-5-9-13-16/h4-13,18H,14H2,1-3H3,(H,21,23). The number of hydrogen-bond acceptors (Lipinski definition) is 4. The van der Waals surface area contributed by atoms with Crippen LogP contribution in [-0.4, -0.2) is 24.0 Å². The van der Waals surface area contributed by atoms with E-state index >= 15 is 0 Å². The van der Waals surface area contributed by atoms with Gasteiger partial charge in [-0.15, -0.1) is 0 Å². The molecular weight excluding hydrogens is 318 g/mol. The first-order valence-electron chi connectivity index (χ1n) is 8.11. The quantitative estimate of drug-likeness (QED) is 0.819. The maximum atomic E-state index is 12.6. The lowest BCUT2D eigenvalue weighted by molar-refractivity contribution is -0.154. The number of para-hydroxylation sites is 1. The second-order valence-corrected chi connectivity index (χ2v) is 6.53. The molecule has 0 bridgehead atoms. The second-order valence-electron chi connectivity index (χ2n) is 6.53.